The Labute approximate surface area is 103 Å². The number of hydrogen-bond acceptors (Lipinski definition) is 4. The van der Waals surface area contributed by atoms with Crippen LogP contribution in [0.2, 0.25) is 0 Å². The highest BCUT2D eigenvalue weighted by molar-refractivity contribution is 6.13. The molecule has 0 unspecified atom stereocenters. The fourth-order valence-corrected chi connectivity index (χ4v) is 1.57. The number of nitrogens with one attached hydrogen (secondary N) is 1. The zero-order valence-corrected chi connectivity index (χ0v) is 9.93. The van der Waals surface area contributed by atoms with E-state index in [2.05, 4.69) is 5.32 Å². The molecule has 1 saturated heterocycles. The highest BCUT2D eigenvalue weighted by Crippen LogP contribution is 2.27. The fraction of sp³-hybridized carbons (Fsp3) is 0.167. The van der Waals surface area contributed by atoms with E-state index in [1.165, 1.54) is 26.3 Å². The lowest BCUT2D eigenvalue weighted by molar-refractivity contribution is -0.121. The van der Waals surface area contributed by atoms with Gasteiger partial charge in [0.2, 0.25) is 0 Å². The number of ether oxygens (including phenoxy) is 1. The smallest absolute Gasteiger partial charge is 0.328 e. The highest BCUT2D eigenvalue weighted by Gasteiger charge is 2.29. The summed E-state index contributed by atoms with van der Waals surface area (Å²) < 4.78 is 4.96. The van der Waals surface area contributed by atoms with E-state index in [0.29, 0.717) is 11.3 Å². The molecular weight excluding hydrogens is 236 g/mol. The number of hydrogen-bond donors (Lipinski definition) is 2. The number of phenols is 1. The first kappa shape index (κ1) is 12.0. The van der Waals surface area contributed by atoms with Crippen molar-refractivity contribution in [1.82, 2.24) is 10.2 Å². The average molecular weight is 248 g/mol. The molecule has 6 nitrogen and oxygen atoms in total. The highest BCUT2D eigenvalue weighted by atomic mass is 16.5. The van der Waals surface area contributed by atoms with Gasteiger partial charge in [0, 0.05) is 7.05 Å². The lowest BCUT2D eigenvalue weighted by Gasteiger charge is -2.04. The number of phenolic OH excluding ortho intramolecular Hbond substituents is 1. The van der Waals surface area contributed by atoms with Crippen LogP contribution in [0.25, 0.3) is 6.08 Å². The van der Waals surface area contributed by atoms with Crippen LogP contribution in [0.5, 0.6) is 11.5 Å². The number of likely N-dealkylation sites (N-methyl/N-ethyl adjacent to an activating group) is 1. The quantitative estimate of drug-likeness (QED) is 0.602. The number of nitrogens with zero attached hydrogens (tertiary/aromatic N) is 1. The summed E-state index contributed by atoms with van der Waals surface area (Å²) in [4.78, 5) is 23.9. The number of urea groups is 1. The van der Waals surface area contributed by atoms with Crippen molar-refractivity contribution >= 4 is 18.0 Å². The zero-order valence-electron chi connectivity index (χ0n) is 9.93. The van der Waals surface area contributed by atoms with E-state index in [1.54, 1.807) is 12.1 Å². The van der Waals surface area contributed by atoms with Crippen LogP contribution in [-0.2, 0) is 4.79 Å². The minimum atomic E-state index is -0.461. The average Bonchev–Trinajstić information content (AvgIpc) is 2.59. The summed E-state index contributed by atoms with van der Waals surface area (Å²) in [5.41, 5.74) is 0.832. The van der Waals surface area contributed by atoms with Crippen LogP contribution in [0.1, 0.15) is 5.56 Å². The number of imide groups is 1. The molecule has 1 aromatic rings. The van der Waals surface area contributed by atoms with Crippen LogP contribution in [-0.4, -0.2) is 36.1 Å². The van der Waals surface area contributed by atoms with Crippen LogP contribution in [0, 0.1) is 0 Å². The molecule has 1 aliphatic heterocycles. The molecule has 1 heterocycles. The number of aromatic hydroxyl groups is 1. The summed E-state index contributed by atoms with van der Waals surface area (Å²) >= 11 is 0. The first-order chi connectivity index (χ1) is 8.52. The summed E-state index contributed by atoms with van der Waals surface area (Å²) in [7, 11) is 2.83. The Balaban J connectivity index is 2.34. The first-order valence-corrected chi connectivity index (χ1v) is 5.20. The molecule has 0 spiro atoms. The van der Waals surface area contributed by atoms with Gasteiger partial charge in [-0.25, -0.2) is 4.79 Å². The number of carbonyl (C=O) groups is 2. The molecule has 0 bridgehead atoms. The second-order valence-electron chi connectivity index (χ2n) is 3.78. The molecule has 2 rings (SSSR count). The molecule has 3 amide bonds. The molecule has 0 aliphatic carbocycles. The number of rotatable bonds is 2. The molecule has 0 radical (unpaired) electrons. The van der Waals surface area contributed by atoms with Crippen molar-refractivity contribution in [2.24, 2.45) is 0 Å². The Morgan fingerprint density at radius 2 is 2.11 bits per heavy atom. The first-order valence-electron chi connectivity index (χ1n) is 5.20. The minimum absolute atomic E-state index is 0.0125. The third-order valence-electron chi connectivity index (χ3n) is 2.60. The molecule has 1 aromatic carbocycles. The predicted molar refractivity (Wildman–Crippen MR) is 63.9 cm³/mol. The lowest BCUT2D eigenvalue weighted by Crippen LogP contribution is -2.25. The van der Waals surface area contributed by atoms with Gasteiger partial charge in [0.15, 0.2) is 11.5 Å². The predicted octanol–water partition coefficient (Wildman–Crippen LogP) is 0.923. The van der Waals surface area contributed by atoms with Crippen molar-refractivity contribution in [2.75, 3.05) is 14.2 Å². The van der Waals surface area contributed by atoms with Gasteiger partial charge in [-0.15, -0.1) is 0 Å². The monoisotopic (exact) mass is 248 g/mol. The summed E-state index contributed by atoms with van der Waals surface area (Å²) in [6.45, 7) is 0. The molecule has 1 fully saturated rings. The number of benzene rings is 1. The van der Waals surface area contributed by atoms with E-state index in [4.69, 9.17) is 4.74 Å². The Morgan fingerprint density at radius 1 is 1.39 bits per heavy atom. The van der Waals surface area contributed by atoms with E-state index in [9.17, 15) is 14.7 Å². The van der Waals surface area contributed by atoms with Crippen LogP contribution in [0.15, 0.2) is 23.9 Å². The SMILES string of the molecule is COc1cc(/C=C2\NC(=O)N(C)C2=O)ccc1O. The zero-order chi connectivity index (χ0) is 13.3. The number of amides is 3. The fourth-order valence-electron chi connectivity index (χ4n) is 1.57. The minimum Gasteiger partial charge on any atom is -0.504 e. The number of carbonyl (C=O) groups excluding carboxylic acids is 2. The third-order valence-corrected chi connectivity index (χ3v) is 2.60. The van der Waals surface area contributed by atoms with Gasteiger partial charge in [-0.2, -0.15) is 0 Å². The maximum absolute atomic E-state index is 11.6. The molecule has 94 valence electrons. The molecule has 0 saturated carbocycles. The molecule has 1 aliphatic rings. The summed E-state index contributed by atoms with van der Waals surface area (Å²) in [6, 6.07) is 4.18. The van der Waals surface area contributed by atoms with E-state index < -0.39 is 11.9 Å². The van der Waals surface area contributed by atoms with Gasteiger partial charge in [-0.1, -0.05) is 6.07 Å². The second kappa shape index (κ2) is 4.40. The Bertz CT molecular complexity index is 551. The van der Waals surface area contributed by atoms with Gasteiger partial charge in [0.1, 0.15) is 5.70 Å². The largest absolute Gasteiger partial charge is 0.504 e. The van der Waals surface area contributed by atoms with Crippen molar-refractivity contribution in [2.45, 2.75) is 0 Å². The van der Waals surface area contributed by atoms with Gasteiger partial charge in [0.05, 0.1) is 7.11 Å². The molecular formula is C12H12N2O4. The van der Waals surface area contributed by atoms with E-state index >= 15 is 0 Å². The number of methoxy groups -OCH3 is 1. The van der Waals surface area contributed by atoms with Crippen molar-refractivity contribution in [3.05, 3.63) is 29.5 Å². The molecule has 2 N–H and O–H groups in total. The maximum Gasteiger partial charge on any atom is 0.328 e. The summed E-state index contributed by atoms with van der Waals surface area (Å²) in [5.74, 6) is -0.0833. The topological polar surface area (TPSA) is 78.9 Å². The second-order valence-corrected chi connectivity index (χ2v) is 3.78. The summed E-state index contributed by atoms with van der Waals surface area (Å²) in [5, 5.41) is 11.9. The van der Waals surface area contributed by atoms with Gasteiger partial charge < -0.3 is 15.2 Å². The Morgan fingerprint density at radius 3 is 2.67 bits per heavy atom. The van der Waals surface area contributed by atoms with Gasteiger partial charge >= 0.3 is 6.03 Å². The van der Waals surface area contributed by atoms with Gasteiger partial charge in [-0.3, -0.25) is 9.69 Å². The van der Waals surface area contributed by atoms with Crippen LogP contribution < -0.4 is 10.1 Å². The van der Waals surface area contributed by atoms with E-state index in [-0.39, 0.29) is 11.4 Å². The lowest BCUT2D eigenvalue weighted by atomic mass is 10.1. The van der Waals surface area contributed by atoms with Crippen LogP contribution in [0.3, 0.4) is 0 Å². The van der Waals surface area contributed by atoms with E-state index in [1.807, 2.05) is 0 Å². The van der Waals surface area contributed by atoms with E-state index in [0.717, 1.165) is 4.90 Å². The standard InChI is InChI=1S/C12H12N2O4/c1-14-11(16)8(13-12(14)17)5-7-3-4-9(15)10(6-7)18-2/h3-6,15H,1-2H3,(H,13,17)/b8-5-. The van der Waals surface area contributed by atoms with Crippen molar-refractivity contribution < 1.29 is 19.4 Å². The van der Waals surface area contributed by atoms with Crippen LogP contribution in [0.4, 0.5) is 4.79 Å². The summed E-state index contributed by atoms with van der Waals surface area (Å²) in [6.07, 6.45) is 1.52. The van der Waals surface area contributed by atoms with Gasteiger partial charge in [-0.05, 0) is 23.8 Å². The maximum atomic E-state index is 11.6. The van der Waals surface area contributed by atoms with Gasteiger partial charge in [0.25, 0.3) is 5.91 Å². The molecule has 0 aromatic heterocycles. The normalized spacial score (nSPS) is 17.2. The van der Waals surface area contributed by atoms with Crippen LogP contribution >= 0.6 is 0 Å². The third kappa shape index (κ3) is 2.00. The molecule has 0 atom stereocenters. The Kier molecular flexibility index (Phi) is 2.93. The molecule has 6 heteroatoms. The molecule has 18 heavy (non-hydrogen) atoms. The van der Waals surface area contributed by atoms with Crippen molar-refractivity contribution in [3.8, 4) is 11.5 Å². The Hall–Kier alpha value is -2.50. The van der Waals surface area contributed by atoms with Crippen molar-refractivity contribution in [1.29, 1.82) is 0 Å². The van der Waals surface area contributed by atoms with Crippen molar-refractivity contribution in [3.63, 3.8) is 0 Å².